The summed E-state index contributed by atoms with van der Waals surface area (Å²) < 4.78 is 0. The molecule has 1 nitrogen and oxygen atoms in total. The fraction of sp³-hybridized carbons (Fsp3) is 1.00. The molecule has 0 radical (unpaired) electrons. The van der Waals surface area contributed by atoms with Crippen LogP contribution in [0.4, 0.5) is 0 Å². The number of hydrogen-bond donors (Lipinski definition) is 0. The van der Waals surface area contributed by atoms with Crippen LogP contribution in [0.2, 0.25) is 0 Å². The van der Waals surface area contributed by atoms with Crippen LogP contribution in [0, 0.1) is 5.41 Å². The Labute approximate surface area is 69.8 Å². The fourth-order valence-electron chi connectivity index (χ4n) is 2.24. The molecule has 1 saturated carbocycles. The minimum absolute atomic E-state index is 0.865. The maximum absolute atomic E-state index is 2.63. The highest BCUT2D eigenvalue weighted by atomic mass is 15.1. The Morgan fingerprint density at radius 3 is 2.18 bits per heavy atom. The van der Waals surface area contributed by atoms with Crippen LogP contribution < -0.4 is 0 Å². The Kier molecular flexibility index (Phi) is 1.92. The van der Waals surface area contributed by atoms with Gasteiger partial charge in [0.15, 0.2) is 0 Å². The van der Waals surface area contributed by atoms with Gasteiger partial charge in [-0.3, -0.25) is 0 Å². The molecule has 0 unspecified atom stereocenters. The van der Waals surface area contributed by atoms with Gasteiger partial charge in [0.2, 0.25) is 0 Å². The Hall–Kier alpha value is -0.0400. The van der Waals surface area contributed by atoms with Gasteiger partial charge in [0.25, 0.3) is 0 Å². The smallest absolute Gasteiger partial charge is 0.00134 e. The summed E-state index contributed by atoms with van der Waals surface area (Å²) in [7, 11) is 0. The van der Waals surface area contributed by atoms with Gasteiger partial charge in [-0.1, -0.05) is 6.92 Å². The van der Waals surface area contributed by atoms with Crippen LogP contribution in [-0.2, 0) is 0 Å². The van der Waals surface area contributed by atoms with Gasteiger partial charge in [-0.2, -0.15) is 0 Å². The summed E-state index contributed by atoms with van der Waals surface area (Å²) in [5, 5.41) is 0. The second-order valence-electron chi connectivity index (χ2n) is 4.34. The highest BCUT2D eigenvalue weighted by molar-refractivity contribution is 4.96. The van der Waals surface area contributed by atoms with Gasteiger partial charge < -0.3 is 4.90 Å². The second-order valence-corrected chi connectivity index (χ2v) is 4.34. The van der Waals surface area contributed by atoms with Crippen molar-refractivity contribution in [2.45, 2.75) is 39.0 Å². The SMILES string of the molecule is CCCN1CCC2(CC1)CC2. The number of piperidine rings is 1. The zero-order valence-corrected chi connectivity index (χ0v) is 7.60. The molecule has 1 aliphatic carbocycles. The highest BCUT2D eigenvalue weighted by Crippen LogP contribution is 2.53. The first-order valence-corrected chi connectivity index (χ1v) is 5.07. The van der Waals surface area contributed by atoms with Crippen molar-refractivity contribution >= 4 is 0 Å². The largest absolute Gasteiger partial charge is 0.303 e. The standard InChI is InChI=1S/C10H19N/c1-2-7-11-8-5-10(3-4-10)6-9-11/h2-9H2,1H3. The van der Waals surface area contributed by atoms with Gasteiger partial charge in [0, 0.05) is 0 Å². The maximum Gasteiger partial charge on any atom is -0.00134 e. The van der Waals surface area contributed by atoms with Crippen molar-refractivity contribution in [3.8, 4) is 0 Å². The lowest BCUT2D eigenvalue weighted by atomic mass is 9.94. The first-order chi connectivity index (χ1) is 5.35. The van der Waals surface area contributed by atoms with Crippen LogP contribution in [0.15, 0.2) is 0 Å². The maximum atomic E-state index is 2.63. The Balaban J connectivity index is 1.75. The molecular formula is C10H19N. The van der Waals surface area contributed by atoms with Gasteiger partial charge in [-0.15, -0.1) is 0 Å². The van der Waals surface area contributed by atoms with Crippen LogP contribution in [0.1, 0.15) is 39.0 Å². The quantitative estimate of drug-likeness (QED) is 0.588. The van der Waals surface area contributed by atoms with E-state index in [1.807, 2.05) is 0 Å². The van der Waals surface area contributed by atoms with Crippen molar-refractivity contribution in [2.75, 3.05) is 19.6 Å². The molecule has 0 N–H and O–H groups in total. The summed E-state index contributed by atoms with van der Waals surface area (Å²) in [6.45, 7) is 6.37. The zero-order chi connectivity index (χ0) is 7.73. The molecule has 1 heterocycles. The zero-order valence-electron chi connectivity index (χ0n) is 7.60. The Bertz CT molecular complexity index is 128. The van der Waals surface area contributed by atoms with E-state index in [1.54, 1.807) is 0 Å². The average molecular weight is 153 g/mol. The second kappa shape index (κ2) is 2.78. The molecule has 1 aliphatic heterocycles. The van der Waals surface area contributed by atoms with E-state index in [2.05, 4.69) is 11.8 Å². The lowest BCUT2D eigenvalue weighted by molar-refractivity contribution is 0.173. The number of likely N-dealkylation sites (tertiary alicyclic amines) is 1. The van der Waals surface area contributed by atoms with Crippen molar-refractivity contribution in [2.24, 2.45) is 5.41 Å². The van der Waals surface area contributed by atoms with Gasteiger partial charge in [-0.25, -0.2) is 0 Å². The summed E-state index contributed by atoms with van der Waals surface area (Å²) in [6.07, 6.45) is 7.38. The third-order valence-corrected chi connectivity index (χ3v) is 3.41. The van der Waals surface area contributed by atoms with Gasteiger partial charge >= 0.3 is 0 Å². The highest BCUT2D eigenvalue weighted by Gasteiger charge is 2.43. The van der Waals surface area contributed by atoms with E-state index in [0.29, 0.717) is 0 Å². The molecule has 1 heteroatoms. The summed E-state index contributed by atoms with van der Waals surface area (Å²) in [4.78, 5) is 2.63. The van der Waals surface area contributed by atoms with Crippen LogP contribution in [0.3, 0.4) is 0 Å². The number of rotatable bonds is 2. The predicted molar refractivity (Wildman–Crippen MR) is 47.6 cm³/mol. The molecule has 1 spiro atoms. The van der Waals surface area contributed by atoms with E-state index in [0.717, 1.165) is 5.41 Å². The lowest BCUT2D eigenvalue weighted by Crippen LogP contribution is -2.34. The molecule has 0 atom stereocenters. The lowest BCUT2D eigenvalue weighted by Gasteiger charge is -2.31. The number of nitrogens with zero attached hydrogens (tertiary/aromatic N) is 1. The number of hydrogen-bond acceptors (Lipinski definition) is 1. The van der Waals surface area contributed by atoms with Crippen molar-refractivity contribution < 1.29 is 0 Å². The monoisotopic (exact) mass is 153 g/mol. The summed E-state index contributed by atoms with van der Waals surface area (Å²) in [6, 6.07) is 0. The molecule has 0 aromatic heterocycles. The molecular weight excluding hydrogens is 134 g/mol. The third kappa shape index (κ3) is 1.58. The Morgan fingerprint density at radius 1 is 1.09 bits per heavy atom. The van der Waals surface area contributed by atoms with Crippen molar-refractivity contribution in [3.63, 3.8) is 0 Å². The van der Waals surface area contributed by atoms with Crippen LogP contribution in [-0.4, -0.2) is 24.5 Å². The van der Waals surface area contributed by atoms with Gasteiger partial charge in [-0.05, 0) is 57.2 Å². The van der Waals surface area contributed by atoms with E-state index in [-0.39, 0.29) is 0 Å². The first-order valence-electron chi connectivity index (χ1n) is 5.07. The molecule has 2 fully saturated rings. The summed E-state index contributed by atoms with van der Waals surface area (Å²) in [5.74, 6) is 0. The molecule has 0 amide bonds. The molecule has 0 aromatic rings. The van der Waals surface area contributed by atoms with Crippen LogP contribution in [0.5, 0.6) is 0 Å². The Morgan fingerprint density at radius 2 is 1.73 bits per heavy atom. The van der Waals surface area contributed by atoms with Crippen molar-refractivity contribution in [3.05, 3.63) is 0 Å². The van der Waals surface area contributed by atoms with E-state index in [4.69, 9.17) is 0 Å². The summed E-state index contributed by atoms with van der Waals surface area (Å²) in [5.41, 5.74) is 0.865. The molecule has 2 rings (SSSR count). The molecule has 64 valence electrons. The van der Waals surface area contributed by atoms with Gasteiger partial charge in [0.1, 0.15) is 0 Å². The van der Waals surface area contributed by atoms with E-state index < -0.39 is 0 Å². The first kappa shape index (κ1) is 7.60. The topological polar surface area (TPSA) is 3.24 Å². The normalized spacial score (nSPS) is 29.2. The minimum atomic E-state index is 0.865. The van der Waals surface area contributed by atoms with E-state index in [9.17, 15) is 0 Å². The average Bonchev–Trinajstić information content (AvgIpc) is 2.76. The predicted octanol–water partition coefficient (Wildman–Crippen LogP) is 2.27. The third-order valence-electron chi connectivity index (χ3n) is 3.41. The van der Waals surface area contributed by atoms with Crippen molar-refractivity contribution in [1.29, 1.82) is 0 Å². The van der Waals surface area contributed by atoms with Crippen molar-refractivity contribution in [1.82, 2.24) is 4.90 Å². The van der Waals surface area contributed by atoms with Crippen LogP contribution >= 0.6 is 0 Å². The molecule has 11 heavy (non-hydrogen) atoms. The minimum Gasteiger partial charge on any atom is -0.303 e. The van der Waals surface area contributed by atoms with Gasteiger partial charge in [0.05, 0.1) is 0 Å². The fourth-order valence-corrected chi connectivity index (χ4v) is 2.24. The molecule has 1 saturated heterocycles. The summed E-state index contributed by atoms with van der Waals surface area (Å²) >= 11 is 0. The van der Waals surface area contributed by atoms with Crippen LogP contribution in [0.25, 0.3) is 0 Å². The van der Waals surface area contributed by atoms with E-state index in [1.165, 1.54) is 51.7 Å². The molecule has 0 bridgehead atoms. The molecule has 2 aliphatic rings. The molecule has 0 aromatic carbocycles. The van der Waals surface area contributed by atoms with E-state index >= 15 is 0 Å².